The molecule has 0 aromatic heterocycles. The van der Waals surface area contributed by atoms with Gasteiger partial charge < -0.3 is 15.2 Å². The highest BCUT2D eigenvalue weighted by molar-refractivity contribution is 5.14. The van der Waals surface area contributed by atoms with Gasteiger partial charge in [0.15, 0.2) is 0 Å². The lowest BCUT2D eigenvalue weighted by molar-refractivity contribution is 0.0407. The second kappa shape index (κ2) is 6.64. The Kier molecular flexibility index (Phi) is 6.05. The Hall–Kier alpha value is -1.06. The zero-order valence-corrected chi connectivity index (χ0v) is 7.32. The molecular weight excluding hydrogens is 154 g/mol. The molecule has 3 nitrogen and oxygen atoms in total. The maximum absolute atomic E-state index is 5.44. The summed E-state index contributed by atoms with van der Waals surface area (Å²) in [6, 6.07) is 0. The highest BCUT2D eigenvalue weighted by Gasteiger charge is 1.99. The molecule has 0 fully saturated rings. The van der Waals surface area contributed by atoms with Crippen molar-refractivity contribution in [3.8, 4) is 0 Å². The zero-order valence-electron chi connectivity index (χ0n) is 7.32. The molecule has 0 aliphatic carbocycles. The predicted molar refractivity (Wildman–Crippen MR) is 49.4 cm³/mol. The Morgan fingerprint density at radius 3 is 2.67 bits per heavy atom. The lowest BCUT2D eigenvalue weighted by Crippen LogP contribution is -2.27. The number of hydrogen-bond donors (Lipinski definition) is 1. The van der Waals surface area contributed by atoms with Crippen LogP contribution in [0.3, 0.4) is 0 Å². The first-order valence-corrected chi connectivity index (χ1v) is 3.61. The molecule has 0 aromatic carbocycles. The quantitative estimate of drug-likeness (QED) is 0.369. The van der Waals surface area contributed by atoms with Crippen LogP contribution in [-0.4, -0.2) is 19.9 Å². The number of allylic oxidation sites excluding steroid dienone is 3. The summed E-state index contributed by atoms with van der Waals surface area (Å²) in [5, 5.41) is 0. The topological polar surface area (TPSA) is 44.5 Å². The van der Waals surface area contributed by atoms with Crippen LogP contribution in [0.2, 0.25) is 0 Å². The molecule has 1 atom stereocenters. The van der Waals surface area contributed by atoms with Crippen molar-refractivity contribution in [2.75, 3.05) is 13.7 Å². The molecule has 0 saturated heterocycles. The molecule has 0 radical (unpaired) electrons. The van der Waals surface area contributed by atoms with Crippen LogP contribution in [0.4, 0.5) is 0 Å². The third-order valence-corrected chi connectivity index (χ3v) is 1.20. The number of ether oxygens (including phenoxy) is 2. The summed E-state index contributed by atoms with van der Waals surface area (Å²) in [5.41, 5.74) is 5.44. The fourth-order valence-corrected chi connectivity index (χ4v) is 0.538. The molecule has 0 saturated carbocycles. The summed E-state index contributed by atoms with van der Waals surface area (Å²) in [6.45, 7) is 7.40. The molecular formula is C9H15NO2. The van der Waals surface area contributed by atoms with E-state index in [0.717, 1.165) is 0 Å². The van der Waals surface area contributed by atoms with E-state index in [0.29, 0.717) is 12.4 Å². The van der Waals surface area contributed by atoms with Gasteiger partial charge in [-0.25, -0.2) is 0 Å². The molecule has 0 heterocycles. The summed E-state index contributed by atoms with van der Waals surface area (Å²) in [4.78, 5) is 0. The molecule has 0 bridgehead atoms. The fourth-order valence-electron chi connectivity index (χ4n) is 0.538. The van der Waals surface area contributed by atoms with Crippen LogP contribution in [0.1, 0.15) is 0 Å². The van der Waals surface area contributed by atoms with E-state index in [2.05, 4.69) is 13.2 Å². The van der Waals surface area contributed by atoms with Gasteiger partial charge in [0, 0.05) is 7.11 Å². The summed E-state index contributed by atoms with van der Waals surface area (Å²) in [5.74, 6) is 0.637. The maximum atomic E-state index is 5.44. The minimum Gasteiger partial charge on any atom is -0.489 e. The molecule has 0 rings (SSSR count). The van der Waals surface area contributed by atoms with Gasteiger partial charge in [-0.3, -0.25) is 0 Å². The monoisotopic (exact) mass is 169 g/mol. The molecule has 0 aromatic rings. The normalized spacial score (nSPS) is 13.7. The Morgan fingerprint density at radius 2 is 2.25 bits per heavy atom. The van der Waals surface area contributed by atoms with Gasteiger partial charge in [0.2, 0.25) is 0 Å². The van der Waals surface area contributed by atoms with Crippen molar-refractivity contribution in [2.24, 2.45) is 5.73 Å². The maximum Gasteiger partial charge on any atom is 0.139 e. The Balaban J connectivity index is 3.80. The van der Waals surface area contributed by atoms with Crippen molar-refractivity contribution in [1.82, 2.24) is 0 Å². The van der Waals surface area contributed by atoms with E-state index in [1.54, 1.807) is 18.2 Å². The summed E-state index contributed by atoms with van der Waals surface area (Å²) in [6.07, 6.45) is 4.51. The van der Waals surface area contributed by atoms with Crippen LogP contribution in [0, 0.1) is 0 Å². The highest BCUT2D eigenvalue weighted by atomic mass is 16.5. The van der Waals surface area contributed by atoms with E-state index in [-0.39, 0.29) is 0 Å². The van der Waals surface area contributed by atoms with Crippen molar-refractivity contribution >= 4 is 0 Å². The van der Waals surface area contributed by atoms with E-state index >= 15 is 0 Å². The average Bonchev–Trinajstić information content (AvgIpc) is 2.11. The second-order valence-electron chi connectivity index (χ2n) is 2.09. The largest absolute Gasteiger partial charge is 0.489 e. The predicted octanol–water partition coefficient (Wildman–Crippen LogP) is 1.19. The molecule has 0 aliphatic heterocycles. The minimum atomic E-state index is -0.404. The van der Waals surface area contributed by atoms with Crippen LogP contribution in [-0.2, 0) is 9.47 Å². The van der Waals surface area contributed by atoms with Crippen LogP contribution in [0.15, 0.2) is 37.1 Å². The Morgan fingerprint density at radius 1 is 1.58 bits per heavy atom. The van der Waals surface area contributed by atoms with Crippen LogP contribution < -0.4 is 5.73 Å². The number of methoxy groups -OCH3 is 1. The van der Waals surface area contributed by atoms with Gasteiger partial charge in [0.25, 0.3) is 0 Å². The smallest absolute Gasteiger partial charge is 0.139 e. The van der Waals surface area contributed by atoms with Crippen LogP contribution in [0.25, 0.3) is 0 Å². The van der Waals surface area contributed by atoms with Crippen molar-refractivity contribution in [2.45, 2.75) is 6.23 Å². The molecule has 0 amide bonds. The summed E-state index contributed by atoms with van der Waals surface area (Å²) < 4.78 is 9.99. The SMILES string of the molecule is C=C/C=C(\C=C)OCC(N)OC. The van der Waals surface area contributed by atoms with E-state index in [4.69, 9.17) is 15.2 Å². The van der Waals surface area contributed by atoms with Crippen LogP contribution in [0.5, 0.6) is 0 Å². The number of rotatable bonds is 6. The first-order chi connectivity index (χ1) is 5.74. The lowest BCUT2D eigenvalue weighted by atomic mass is 10.4. The highest BCUT2D eigenvalue weighted by Crippen LogP contribution is 1.99. The summed E-state index contributed by atoms with van der Waals surface area (Å²) >= 11 is 0. The third-order valence-electron chi connectivity index (χ3n) is 1.20. The van der Waals surface area contributed by atoms with Gasteiger partial charge in [-0.15, -0.1) is 0 Å². The van der Waals surface area contributed by atoms with Gasteiger partial charge in [-0.1, -0.05) is 19.2 Å². The molecule has 1 unspecified atom stereocenters. The van der Waals surface area contributed by atoms with Gasteiger partial charge in [0.05, 0.1) is 0 Å². The van der Waals surface area contributed by atoms with E-state index in [1.807, 2.05) is 0 Å². The zero-order chi connectivity index (χ0) is 9.40. The molecule has 12 heavy (non-hydrogen) atoms. The van der Waals surface area contributed by atoms with E-state index in [9.17, 15) is 0 Å². The molecule has 2 N–H and O–H groups in total. The van der Waals surface area contributed by atoms with Crippen LogP contribution >= 0.6 is 0 Å². The van der Waals surface area contributed by atoms with Gasteiger partial charge in [-0.05, 0) is 12.2 Å². The van der Waals surface area contributed by atoms with Gasteiger partial charge >= 0.3 is 0 Å². The molecule has 0 spiro atoms. The summed E-state index contributed by atoms with van der Waals surface area (Å²) in [7, 11) is 1.53. The minimum absolute atomic E-state index is 0.308. The molecule has 0 aliphatic rings. The van der Waals surface area contributed by atoms with E-state index in [1.165, 1.54) is 7.11 Å². The first-order valence-electron chi connectivity index (χ1n) is 3.61. The second-order valence-corrected chi connectivity index (χ2v) is 2.09. The van der Waals surface area contributed by atoms with E-state index < -0.39 is 6.23 Å². The Labute approximate surface area is 73.2 Å². The van der Waals surface area contributed by atoms with Gasteiger partial charge in [0.1, 0.15) is 18.6 Å². The van der Waals surface area contributed by atoms with Crippen molar-refractivity contribution in [1.29, 1.82) is 0 Å². The number of hydrogen-bond acceptors (Lipinski definition) is 3. The van der Waals surface area contributed by atoms with Crippen molar-refractivity contribution in [3.63, 3.8) is 0 Å². The average molecular weight is 169 g/mol. The van der Waals surface area contributed by atoms with Crippen molar-refractivity contribution < 1.29 is 9.47 Å². The Bertz CT molecular complexity index is 175. The fraction of sp³-hybridized carbons (Fsp3) is 0.333. The number of nitrogens with two attached hydrogens (primary N) is 1. The lowest BCUT2D eigenvalue weighted by Gasteiger charge is -2.11. The molecule has 68 valence electrons. The van der Waals surface area contributed by atoms with Gasteiger partial charge in [-0.2, -0.15) is 0 Å². The van der Waals surface area contributed by atoms with Crippen molar-refractivity contribution in [3.05, 3.63) is 37.1 Å². The standard InChI is InChI=1S/C9H15NO2/c1-4-6-8(5-2)12-7-9(10)11-3/h4-6,9H,1-2,7,10H2,3H3/b8-6+. The first kappa shape index (κ1) is 10.9. The molecule has 3 heteroatoms. The third kappa shape index (κ3) is 4.71.